The highest BCUT2D eigenvalue weighted by Crippen LogP contribution is 2.38. The van der Waals surface area contributed by atoms with Gasteiger partial charge in [0.15, 0.2) is 0 Å². The van der Waals surface area contributed by atoms with Gasteiger partial charge in [0.2, 0.25) is 0 Å². The molecule has 0 aliphatic carbocycles. The molecule has 4 heteroatoms. The van der Waals surface area contributed by atoms with E-state index in [4.69, 9.17) is 15.3 Å². The predicted octanol–water partition coefficient (Wildman–Crippen LogP) is 2.88. The maximum Gasteiger partial charge on any atom is 0.126 e. The molecule has 0 saturated heterocycles. The Balaban J connectivity index is 3.35. The number of ether oxygens (including phenoxy) is 2. The minimum absolute atomic E-state index is 0.0460. The zero-order valence-corrected chi connectivity index (χ0v) is 13.7. The fourth-order valence-electron chi connectivity index (χ4n) is 2.66. The van der Waals surface area contributed by atoms with Crippen LogP contribution in [-0.2, 0) is 4.74 Å². The Bertz CT molecular complexity index is 453. The average molecular weight is 280 g/mol. The van der Waals surface area contributed by atoms with Gasteiger partial charge >= 0.3 is 0 Å². The zero-order valence-electron chi connectivity index (χ0n) is 13.7. The van der Waals surface area contributed by atoms with Crippen LogP contribution in [0.2, 0.25) is 0 Å². The molecular formula is C16H28N2O2. The quantitative estimate of drug-likeness (QED) is 0.643. The molecule has 0 saturated carbocycles. The second-order valence-corrected chi connectivity index (χ2v) is 6.30. The third-order valence-electron chi connectivity index (χ3n) is 3.84. The Morgan fingerprint density at radius 2 is 1.75 bits per heavy atom. The number of hydrogen-bond donors (Lipinski definition) is 2. The Hall–Kier alpha value is -1.10. The highest BCUT2D eigenvalue weighted by molar-refractivity contribution is 5.47. The van der Waals surface area contributed by atoms with Crippen molar-refractivity contribution in [2.75, 3.05) is 14.2 Å². The predicted molar refractivity (Wildman–Crippen MR) is 82.8 cm³/mol. The summed E-state index contributed by atoms with van der Waals surface area (Å²) < 4.78 is 11.3. The van der Waals surface area contributed by atoms with Gasteiger partial charge in [0.05, 0.1) is 19.3 Å². The molecule has 1 aromatic carbocycles. The summed E-state index contributed by atoms with van der Waals surface area (Å²) in [5.74, 6) is 6.68. The molecule has 20 heavy (non-hydrogen) atoms. The summed E-state index contributed by atoms with van der Waals surface area (Å²) in [6, 6.07) is 4.02. The molecule has 1 aromatic rings. The van der Waals surface area contributed by atoms with Gasteiger partial charge in [-0.3, -0.25) is 11.3 Å². The lowest BCUT2D eigenvalue weighted by Gasteiger charge is -2.36. The van der Waals surface area contributed by atoms with E-state index < -0.39 is 0 Å². The number of rotatable bonds is 5. The molecule has 0 heterocycles. The highest BCUT2D eigenvalue weighted by atomic mass is 16.5. The van der Waals surface area contributed by atoms with E-state index in [9.17, 15) is 0 Å². The van der Waals surface area contributed by atoms with Crippen LogP contribution in [0.3, 0.4) is 0 Å². The van der Waals surface area contributed by atoms with Gasteiger partial charge in [-0.15, -0.1) is 0 Å². The Kier molecular flexibility index (Phi) is 5.57. The van der Waals surface area contributed by atoms with E-state index in [1.807, 2.05) is 0 Å². The molecule has 114 valence electrons. The van der Waals surface area contributed by atoms with Gasteiger partial charge in [0.1, 0.15) is 5.75 Å². The molecule has 1 rings (SSSR count). The van der Waals surface area contributed by atoms with Crippen LogP contribution in [0.1, 0.15) is 43.5 Å². The van der Waals surface area contributed by atoms with Crippen molar-refractivity contribution in [1.29, 1.82) is 0 Å². The van der Waals surface area contributed by atoms with Crippen molar-refractivity contribution in [3.8, 4) is 5.75 Å². The summed E-state index contributed by atoms with van der Waals surface area (Å²) in [4.78, 5) is 0. The van der Waals surface area contributed by atoms with Gasteiger partial charge in [-0.05, 0) is 30.4 Å². The molecule has 0 fully saturated rings. The van der Waals surface area contributed by atoms with Gasteiger partial charge in [0, 0.05) is 12.7 Å². The summed E-state index contributed by atoms with van der Waals surface area (Å²) in [6.07, 6.45) is -0.0662. The number of methoxy groups -OCH3 is 2. The summed E-state index contributed by atoms with van der Waals surface area (Å²) in [6.45, 7) is 10.5. The summed E-state index contributed by atoms with van der Waals surface area (Å²) in [7, 11) is 3.41. The normalized spacial score (nSPS) is 15.0. The van der Waals surface area contributed by atoms with Gasteiger partial charge < -0.3 is 9.47 Å². The molecule has 0 spiro atoms. The minimum atomic E-state index is -0.130. The first kappa shape index (κ1) is 17.0. The van der Waals surface area contributed by atoms with Crippen LogP contribution in [0, 0.1) is 19.3 Å². The third-order valence-corrected chi connectivity index (χ3v) is 3.84. The molecular weight excluding hydrogens is 252 g/mol. The molecule has 4 nitrogen and oxygen atoms in total. The lowest BCUT2D eigenvalue weighted by atomic mass is 9.81. The van der Waals surface area contributed by atoms with Crippen molar-refractivity contribution in [3.63, 3.8) is 0 Å². The second kappa shape index (κ2) is 6.57. The fraction of sp³-hybridized carbons (Fsp3) is 0.625. The molecule has 2 atom stereocenters. The Morgan fingerprint density at radius 1 is 1.15 bits per heavy atom. The average Bonchev–Trinajstić information content (AvgIpc) is 2.37. The van der Waals surface area contributed by atoms with Crippen LogP contribution < -0.4 is 16.0 Å². The molecule has 0 bridgehead atoms. The SMILES string of the molecule is COc1c(C(NN)C(OC)C(C)(C)C)ccc(C)c1C. The van der Waals surface area contributed by atoms with Crippen molar-refractivity contribution in [2.45, 2.75) is 46.8 Å². The Labute approximate surface area is 122 Å². The standard InChI is InChI=1S/C16H28N2O2/c1-10-8-9-12(14(19-6)11(10)2)13(18-17)15(20-7)16(3,4)5/h8-9,13,15,18H,17H2,1-7H3. The summed E-state index contributed by atoms with van der Waals surface area (Å²) in [5, 5.41) is 0. The first-order valence-corrected chi connectivity index (χ1v) is 6.91. The lowest BCUT2D eigenvalue weighted by Crippen LogP contribution is -2.44. The summed E-state index contributed by atoms with van der Waals surface area (Å²) >= 11 is 0. The topological polar surface area (TPSA) is 56.5 Å². The number of benzene rings is 1. The van der Waals surface area contributed by atoms with E-state index in [1.165, 1.54) is 5.56 Å². The van der Waals surface area contributed by atoms with Gasteiger partial charge in [-0.1, -0.05) is 32.9 Å². The number of aryl methyl sites for hydroxylation is 1. The molecule has 0 aliphatic rings. The van der Waals surface area contributed by atoms with Crippen molar-refractivity contribution < 1.29 is 9.47 Å². The smallest absolute Gasteiger partial charge is 0.126 e. The second-order valence-electron chi connectivity index (χ2n) is 6.30. The van der Waals surface area contributed by atoms with Crippen molar-refractivity contribution in [3.05, 3.63) is 28.8 Å². The highest BCUT2D eigenvalue weighted by Gasteiger charge is 2.34. The van der Waals surface area contributed by atoms with Crippen LogP contribution in [0.4, 0.5) is 0 Å². The zero-order chi connectivity index (χ0) is 15.5. The van der Waals surface area contributed by atoms with E-state index in [1.54, 1.807) is 14.2 Å². The van der Waals surface area contributed by atoms with Crippen molar-refractivity contribution in [1.82, 2.24) is 5.43 Å². The van der Waals surface area contributed by atoms with E-state index in [0.29, 0.717) is 0 Å². The maximum atomic E-state index is 5.80. The van der Waals surface area contributed by atoms with Gasteiger partial charge in [0.25, 0.3) is 0 Å². The molecule has 0 radical (unpaired) electrons. The molecule has 2 unspecified atom stereocenters. The number of nitrogens with two attached hydrogens (primary N) is 1. The van der Waals surface area contributed by atoms with E-state index >= 15 is 0 Å². The number of hydrogen-bond acceptors (Lipinski definition) is 4. The largest absolute Gasteiger partial charge is 0.496 e. The van der Waals surface area contributed by atoms with Crippen molar-refractivity contribution >= 4 is 0 Å². The monoisotopic (exact) mass is 280 g/mol. The van der Waals surface area contributed by atoms with Crippen LogP contribution in [0.25, 0.3) is 0 Å². The van der Waals surface area contributed by atoms with Gasteiger partial charge in [-0.2, -0.15) is 0 Å². The van der Waals surface area contributed by atoms with Crippen LogP contribution in [0.5, 0.6) is 5.75 Å². The molecule has 0 aliphatic heterocycles. The fourth-order valence-corrected chi connectivity index (χ4v) is 2.66. The van der Waals surface area contributed by atoms with Crippen LogP contribution in [-0.4, -0.2) is 20.3 Å². The first-order chi connectivity index (χ1) is 9.27. The minimum Gasteiger partial charge on any atom is -0.496 e. The lowest BCUT2D eigenvalue weighted by molar-refractivity contribution is -0.0125. The van der Waals surface area contributed by atoms with E-state index in [0.717, 1.165) is 16.9 Å². The van der Waals surface area contributed by atoms with E-state index in [2.05, 4.69) is 52.2 Å². The first-order valence-electron chi connectivity index (χ1n) is 6.91. The molecule has 3 N–H and O–H groups in total. The molecule has 0 aromatic heterocycles. The number of nitrogens with one attached hydrogen (secondary N) is 1. The van der Waals surface area contributed by atoms with Crippen molar-refractivity contribution in [2.24, 2.45) is 11.3 Å². The summed E-state index contributed by atoms with van der Waals surface area (Å²) in [5.41, 5.74) is 6.21. The van der Waals surface area contributed by atoms with Crippen LogP contribution in [0.15, 0.2) is 12.1 Å². The number of hydrazine groups is 1. The van der Waals surface area contributed by atoms with E-state index in [-0.39, 0.29) is 17.6 Å². The third kappa shape index (κ3) is 3.32. The van der Waals surface area contributed by atoms with Gasteiger partial charge in [-0.25, -0.2) is 0 Å². The Morgan fingerprint density at radius 3 is 2.15 bits per heavy atom. The van der Waals surface area contributed by atoms with Crippen LogP contribution >= 0.6 is 0 Å². The maximum absolute atomic E-state index is 5.80. The molecule has 0 amide bonds.